The molecule has 1 heterocycles. The Morgan fingerprint density at radius 2 is 2.19 bits per heavy atom. The summed E-state index contributed by atoms with van der Waals surface area (Å²) in [5.41, 5.74) is 0.498. The second-order valence-corrected chi connectivity index (χ2v) is 6.28. The van der Waals surface area contributed by atoms with Crippen LogP contribution in [0.4, 0.5) is 4.39 Å². The number of aromatic amines is 1. The number of rotatable bonds is 6. The van der Waals surface area contributed by atoms with Gasteiger partial charge in [-0.2, -0.15) is 0 Å². The summed E-state index contributed by atoms with van der Waals surface area (Å²) >= 11 is 0. The Balaban J connectivity index is 2.33. The zero-order chi connectivity index (χ0) is 15.5. The van der Waals surface area contributed by atoms with Gasteiger partial charge in [-0.05, 0) is 31.7 Å². The van der Waals surface area contributed by atoms with E-state index in [1.54, 1.807) is 20.2 Å². The Labute approximate surface area is 122 Å². The number of sulfonamides is 1. The van der Waals surface area contributed by atoms with E-state index in [9.17, 15) is 12.8 Å². The summed E-state index contributed by atoms with van der Waals surface area (Å²) in [4.78, 5) is 6.77. The lowest BCUT2D eigenvalue weighted by Crippen LogP contribution is -2.29. The van der Waals surface area contributed by atoms with Gasteiger partial charge in [-0.3, -0.25) is 0 Å². The van der Waals surface area contributed by atoms with E-state index >= 15 is 0 Å². The van der Waals surface area contributed by atoms with Gasteiger partial charge >= 0.3 is 0 Å². The highest BCUT2D eigenvalue weighted by atomic mass is 32.2. The van der Waals surface area contributed by atoms with Crippen LogP contribution in [0.2, 0.25) is 0 Å². The van der Waals surface area contributed by atoms with Crippen LogP contribution >= 0.6 is 0 Å². The molecule has 0 aliphatic heterocycles. The molecule has 1 aromatic carbocycles. The van der Waals surface area contributed by atoms with Crippen molar-refractivity contribution in [1.82, 2.24) is 20.0 Å². The first-order valence-electron chi connectivity index (χ1n) is 6.38. The van der Waals surface area contributed by atoms with Gasteiger partial charge in [0.1, 0.15) is 11.6 Å². The lowest BCUT2D eigenvalue weighted by atomic mass is 10.2. The average molecular weight is 312 g/mol. The van der Waals surface area contributed by atoms with E-state index in [4.69, 9.17) is 0 Å². The summed E-state index contributed by atoms with van der Waals surface area (Å²) in [7, 11) is -2.16. The van der Waals surface area contributed by atoms with Crippen molar-refractivity contribution >= 4 is 10.0 Å². The molecule has 1 unspecified atom stereocenters. The largest absolute Gasteiger partial charge is 0.347 e. The molecule has 0 amide bonds. The third-order valence-electron chi connectivity index (χ3n) is 2.95. The zero-order valence-electron chi connectivity index (χ0n) is 11.7. The van der Waals surface area contributed by atoms with Crippen LogP contribution in [0.1, 0.15) is 24.4 Å². The van der Waals surface area contributed by atoms with E-state index in [-0.39, 0.29) is 4.90 Å². The maximum absolute atomic E-state index is 13.4. The van der Waals surface area contributed by atoms with E-state index in [0.717, 1.165) is 6.07 Å². The number of nitrogens with one attached hydrogen (secondary N) is 3. The molecule has 0 radical (unpaired) electrons. The molecule has 0 saturated carbocycles. The fourth-order valence-electron chi connectivity index (χ4n) is 1.98. The van der Waals surface area contributed by atoms with Crippen LogP contribution in [0, 0.1) is 5.82 Å². The van der Waals surface area contributed by atoms with E-state index in [1.807, 2.05) is 0 Å². The first-order chi connectivity index (χ1) is 9.94. The maximum atomic E-state index is 13.4. The van der Waals surface area contributed by atoms with Crippen LogP contribution in [0.15, 0.2) is 35.5 Å². The van der Waals surface area contributed by atoms with E-state index in [0.29, 0.717) is 17.9 Å². The topological polar surface area (TPSA) is 86.9 Å². The van der Waals surface area contributed by atoms with Gasteiger partial charge in [-0.1, -0.05) is 6.07 Å². The quantitative estimate of drug-likeness (QED) is 0.750. The van der Waals surface area contributed by atoms with Gasteiger partial charge in [0.25, 0.3) is 0 Å². The molecule has 21 heavy (non-hydrogen) atoms. The molecule has 2 aromatic rings. The average Bonchev–Trinajstić information content (AvgIpc) is 2.94. The molecule has 2 rings (SSSR count). The van der Waals surface area contributed by atoms with Crippen LogP contribution in [0.25, 0.3) is 0 Å². The molecule has 0 fully saturated rings. The lowest BCUT2D eigenvalue weighted by molar-refractivity contribution is 0.556. The Morgan fingerprint density at radius 1 is 1.43 bits per heavy atom. The Kier molecular flexibility index (Phi) is 4.71. The maximum Gasteiger partial charge on any atom is 0.241 e. The van der Waals surface area contributed by atoms with Gasteiger partial charge < -0.3 is 10.3 Å². The predicted octanol–water partition coefficient (Wildman–Crippen LogP) is 1.31. The number of H-pyrrole nitrogens is 1. The van der Waals surface area contributed by atoms with Crippen LogP contribution < -0.4 is 10.0 Å². The molecular formula is C13H17FN4O2S. The number of halogens is 1. The minimum absolute atomic E-state index is 0.0738. The monoisotopic (exact) mass is 312 g/mol. The minimum atomic E-state index is -3.85. The van der Waals surface area contributed by atoms with Gasteiger partial charge in [0.05, 0.1) is 10.9 Å². The molecule has 3 N–H and O–H groups in total. The SMILES string of the molecule is CNCc1ccc(F)cc1S(=O)(=O)NC(C)c1ncc[nH]1. The highest BCUT2D eigenvalue weighted by Gasteiger charge is 2.23. The normalized spacial score (nSPS) is 13.3. The van der Waals surface area contributed by atoms with Crippen LogP contribution in [-0.2, 0) is 16.6 Å². The van der Waals surface area contributed by atoms with Crippen LogP contribution in [0.3, 0.4) is 0 Å². The molecule has 0 aliphatic rings. The van der Waals surface area contributed by atoms with Gasteiger partial charge in [-0.15, -0.1) is 0 Å². The van der Waals surface area contributed by atoms with Crippen molar-refractivity contribution in [1.29, 1.82) is 0 Å². The minimum Gasteiger partial charge on any atom is -0.347 e. The Hall–Kier alpha value is -1.77. The summed E-state index contributed by atoms with van der Waals surface area (Å²) in [5.74, 6) is -0.106. The van der Waals surface area contributed by atoms with Gasteiger partial charge in [0.15, 0.2) is 0 Å². The molecule has 0 saturated heterocycles. The predicted molar refractivity (Wildman–Crippen MR) is 76.5 cm³/mol. The number of hydrogen-bond donors (Lipinski definition) is 3. The van der Waals surface area contributed by atoms with Crippen LogP contribution in [0.5, 0.6) is 0 Å². The van der Waals surface area contributed by atoms with E-state index in [2.05, 4.69) is 20.0 Å². The molecular weight excluding hydrogens is 295 g/mol. The molecule has 0 spiro atoms. The third-order valence-corrected chi connectivity index (χ3v) is 4.57. The smallest absolute Gasteiger partial charge is 0.241 e. The zero-order valence-corrected chi connectivity index (χ0v) is 12.5. The molecule has 1 aromatic heterocycles. The Morgan fingerprint density at radius 3 is 2.81 bits per heavy atom. The fraction of sp³-hybridized carbons (Fsp3) is 0.308. The number of nitrogens with zero attached hydrogens (tertiary/aromatic N) is 1. The van der Waals surface area contributed by atoms with Crippen LogP contribution in [-0.4, -0.2) is 25.4 Å². The van der Waals surface area contributed by atoms with E-state index in [1.165, 1.54) is 18.3 Å². The lowest BCUT2D eigenvalue weighted by Gasteiger charge is -2.15. The highest BCUT2D eigenvalue weighted by molar-refractivity contribution is 7.89. The second kappa shape index (κ2) is 6.33. The second-order valence-electron chi connectivity index (χ2n) is 4.60. The number of imidazole rings is 1. The summed E-state index contributed by atoms with van der Waals surface area (Å²) in [6.07, 6.45) is 3.14. The van der Waals surface area contributed by atoms with Gasteiger partial charge in [0, 0.05) is 18.9 Å². The van der Waals surface area contributed by atoms with Crippen molar-refractivity contribution in [3.05, 3.63) is 47.8 Å². The number of aromatic nitrogens is 2. The van der Waals surface area contributed by atoms with Crippen molar-refractivity contribution in [3.63, 3.8) is 0 Å². The highest BCUT2D eigenvalue weighted by Crippen LogP contribution is 2.19. The first kappa shape index (κ1) is 15.6. The van der Waals surface area contributed by atoms with Crippen molar-refractivity contribution in [2.75, 3.05) is 7.05 Å². The number of hydrogen-bond acceptors (Lipinski definition) is 4. The first-order valence-corrected chi connectivity index (χ1v) is 7.87. The summed E-state index contributed by atoms with van der Waals surface area (Å²) in [5, 5.41) is 2.86. The van der Waals surface area contributed by atoms with Gasteiger partial charge in [0.2, 0.25) is 10.0 Å². The van der Waals surface area contributed by atoms with Crippen molar-refractivity contribution in [2.24, 2.45) is 0 Å². The van der Waals surface area contributed by atoms with Crippen molar-refractivity contribution in [3.8, 4) is 0 Å². The fourth-order valence-corrected chi connectivity index (χ4v) is 3.44. The standard InChI is InChI=1S/C13H17FN4O2S/c1-9(13-16-5-6-17-13)18-21(19,20)12-7-11(14)4-3-10(12)8-15-2/h3-7,9,15,18H,8H2,1-2H3,(H,16,17). The molecule has 8 heteroatoms. The molecule has 1 atom stereocenters. The van der Waals surface area contributed by atoms with E-state index < -0.39 is 21.9 Å². The summed E-state index contributed by atoms with van der Waals surface area (Å²) < 4.78 is 40.8. The molecule has 6 nitrogen and oxygen atoms in total. The summed E-state index contributed by atoms with van der Waals surface area (Å²) in [6.45, 7) is 1.99. The summed E-state index contributed by atoms with van der Waals surface area (Å²) in [6, 6.07) is 3.17. The number of benzene rings is 1. The van der Waals surface area contributed by atoms with Gasteiger partial charge in [-0.25, -0.2) is 22.5 Å². The third kappa shape index (κ3) is 3.66. The van der Waals surface area contributed by atoms with Crippen molar-refractivity contribution in [2.45, 2.75) is 24.4 Å². The molecule has 0 bridgehead atoms. The van der Waals surface area contributed by atoms with Crippen molar-refractivity contribution < 1.29 is 12.8 Å². The molecule has 0 aliphatic carbocycles. The molecule has 114 valence electrons. The Bertz CT molecular complexity index is 701.